The Hall–Kier alpha value is -2.33. The second-order valence-corrected chi connectivity index (χ2v) is 9.40. The van der Waals surface area contributed by atoms with E-state index in [4.69, 9.17) is 4.74 Å². The van der Waals surface area contributed by atoms with Gasteiger partial charge in [-0.3, -0.25) is 4.79 Å². The average molecular weight is 424 g/mol. The number of aromatic hydroxyl groups is 1. The fourth-order valence-electron chi connectivity index (χ4n) is 4.80. The van der Waals surface area contributed by atoms with Crippen LogP contribution in [0.1, 0.15) is 72.0 Å². The maximum absolute atomic E-state index is 12.7. The van der Waals surface area contributed by atoms with Gasteiger partial charge in [0.2, 0.25) is 0 Å². The van der Waals surface area contributed by atoms with Gasteiger partial charge in [0.25, 0.3) is 5.56 Å². The molecule has 168 valence electrons. The molecule has 1 aliphatic rings. The molecule has 1 aliphatic heterocycles. The molecule has 0 radical (unpaired) electrons. The van der Waals surface area contributed by atoms with Crippen LogP contribution >= 0.6 is 0 Å². The summed E-state index contributed by atoms with van der Waals surface area (Å²) in [6.07, 6.45) is 7.49. The van der Waals surface area contributed by atoms with Crippen molar-refractivity contribution in [3.8, 4) is 16.9 Å². The molecule has 1 saturated heterocycles. The summed E-state index contributed by atoms with van der Waals surface area (Å²) in [5, 5.41) is 11.0. The zero-order chi connectivity index (χ0) is 22.5. The lowest BCUT2D eigenvalue weighted by Gasteiger charge is -2.36. The van der Waals surface area contributed by atoms with Crippen LogP contribution in [0.5, 0.6) is 5.75 Å². The molecule has 2 N–H and O–H groups in total. The second-order valence-electron chi connectivity index (χ2n) is 9.40. The number of pyridine rings is 1. The number of benzene rings is 1. The lowest BCUT2D eigenvalue weighted by molar-refractivity contribution is -0.0630. The lowest BCUT2D eigenvalue weighted by atomic mass is 9.85. The molecule has 0 unspecified atom stereocenters. The quantitative estimate of drug-likeness (QED) is 0.492. The number of nitrogens with one attached hydrogen (secondary N) is 1. The Morgan fingerprint density at radius 2 is 1.97 bits per heavy atom. The van der Waals surface area contributed by atoms with Gasteiger partial charge in [0.15, 0.2) is 0 Å². The van der Waals surface area contributed by atoms with Gasteiger partial charge < -0.3 is 14.8 Å². The Labute approximate surface area is 186 Å². The molecule has 0 spiro atoms. The third-order valence-electron chi connectivity index (χ3n) is 6.69. The average Bonchev–Trinajstić information content (AvgIpc) is 2.75. The predicted molar refractivity (Wildman–Crippen MR) is 127 cm³/mol. The number of H-pyrrole nitrogens is 1. The lowest BCUT2D eigenvalue weighted by Crippen LogP contribution is -2.33. The van der Waals surface area contributed by atoms with Gasteiger partial charge in [-0.25, -0.2) is 0 Å². The Bertz CT molecular complexity index is 947. The highest BCUT2D eigenvalue weighted by Crippen LogP contribution is 2.41. The van der Waals surface area contributed by atoms with Crippen LogP contribution in [0.3, 0.4) is 0 Å². The van der Waals surface area contributed by atoms with Crippen molar-refractivity contribution in [2.45, 2.75) is 72.5 Å². The normalized spacial score (nSPS) is 24.0. The van der Waals surface area contributed by atoms with Crippen LogP contribution < -0.4 is 5.56 Å². The molecule has 2 heterocycles. The van der Waals surface area contributed by atoms with Crippen LogP contribution in [0.15, 0.2) is 53.0 Å². The van der Waals surface area contributed by atoms with Crippen LogP contribution in [0, 0.1) is 17.8 Å². The minimum Gasteiger partial charge on any atom is -0.507 e. The molecular formula is C27H37NO3. The SMILES string of the molecule is CC[C@H](C)C[C@@H](C)/C=C(\C)[C@@H]1O[C@H](c2c(O)c(-c3ccccc3)c[nH]c2=O)CC[C@H]1C. The molecule has 0 saturated carbocycles. The summed E-state index contributed by atoms with van der Waals surface area (Å²) >= 11 is 0. The maximum atomic E-state index is 12.7. The monoisotopic (exact) mass is 423 g/mol. The van der Waals surface area contributed by atoms with E-state index in [-0.39, 0.29) is 17.4 Å². The number of hydrogen-bond acceptors (Lipinski definition) is 3. The van der Waals surface area contributed by atoms with Crippen molar-refractivity contribution in [1.29, 1.82) is 0 Å². The summed E-state index contributed by atoms with van der Waals surface area (Å²) in [6.45, 7) is 11.1. The molecular weight excluding hydrogens is 386 g/mol. The number of ether oxygens (including phenoxy) is 1. The van der Waals surface area contributed by atoms with Crippen molar-refractivity contribution in [1.82, 2.24) is 4.98 Å². The summed E-state index contributed by atoms with van der Waals surface area (Å²) in [6, 6.07) is 9.62. The van der Waals surface area contributed by atoms with E-state index in [0.29, 0.717) is 28.9 Å². The molecule has 3 rings (SSSR count). The number of aromatic nitrogens is 1. The molecule has 1 fully saturated rings. The minimum absolute atomic E-state index is 0.0278. The summed E-state index contributed by atoms with van der Waals surface area (Å²) in [7, 11) is 0. The Kier molecular flexibility index (Phi) is 7.77. The van der Waals surface area contributed by atoms with Crippen molar-refractivity contribution in [3.05, 3.63) is 64.1 Å². The summed E-state index contributed by atoms with van der Waals surface area (Å²) < 4.78 is 6.48. The second kappa shape index (κ2) is 10.3. The third kappa shape index (κ3) is 5.48. The van der Waals surface area contributed by atoms with E-state index in [1.165, 1.54) is 12.0 Å². The zero-order valence-electron chi connectivity index (χ0n) is 19.5. The van der Waals surface area contributed by atoms with Gasteiger partial charge in [0.1, 0.15) is 5.75 Å². The zero-order valence-corrected chi connectivity index (χ0v) is 19.5. The molecule has 0 amide bonds. The summed E-state index contributed by atoms with van der Waals surface area (Å²) in [5.74, 6) is 1.60. The van der Waals surface area contributed by atoms with Crippen molar-refractivity contribution in [2.24, 2.45) is 17.8 Å². The molecule has 4 heteroatoms. The molecule has 31 heavy (non-hydrogen) atoms. The summed E-state index contributed by atoms with van der Waals surface area (Å²) in [4.78, 5) is 15.5. The Morgan fingerprint density at radius 3 is 2.65 bits per heavy atom. The Morgan fingerprint density at radius 1 is 1.26 bits per heavy atom. The van der Waals surface area contributed by atoms with Crippen LogP contribution in [-0.4, -0.2) is 16.2 Å². The smallest absolute Gasteiger partial charge is 0.257 e. The molecule has 1 aromatic carbocycles. The van der Waals surface area contributed by atoms with E-state index in [1.807, 2.05) is 30.3 Å². The van der Waals surface area contributed by atoms with Crippen LogP contribution in [0.4, 0.5) is 0 Å². The number of aromatic amines is 1. The first-order chi connectivity index (χ1) is 14.8. The van der Waals surface area contributed by atoms with E-state index in [0.717, 1.165) is 24.8 Å². The first kappa shape index (κ1) is 23.3. The summed E-state index contributed by atoms with van der Waals surface area (Å²) in [5.41, 5.74) is 2.79. The van der Waals surface area contributed by atoms with Crippen molar-refractivity contribution in [3.63, 3.8) is 0 Å². The molecule has 5 atom stereocenters. The van der Waals surface area contributed by atoms with Gasteiger partial charge in [-0.15, -0.1) is 0 Å². The van der Waals surface area contributed by atoms with Gasteiger partial charge >= 0.3 is 0 Å². The first-order valence-corrected chi connectivity index (χ1v) is 11.7. The van der Waals surface area contributed by atoms with Crippen LogP contribution in [0.2, 0.25) is 0 Å². The van der Waals surface area contributed by atoms with E-state index < -0.39 is 6.10 Å². The maximum Gasteiger partial charge on any atom is 0.257 e. The van der Waals surface area contributed by atoms with E-state index in [1.54, 1.807) is 6.20 Å². The standard InChI is InChI=1S/C27H37NO3/c1-6-17(2)14-18(3)15-20(5)26-19(4)12-13-23(31-26)24-25(29)22(16-28-27(24)30)21-10-8-7-9-11-21/h7-11,15-19,23,26H,6,12-14H2,1-5H3,(H2,28,29,30)/b20-15+/t17-,18+,19+,23-,26+/m0/s1. The fourth-order valence-corrected chi connectivity index (χ4v) is 4.80. The van der Waals surface area contributed by atoms with Gasteiger partial charge in [0.05, 0.1) is 17.8 Å². The van der Waals surface area contributed by atoms with E-state index in [2.05, 4.69) is 45.7 Å². The van der Waals surface area contributed by atoms with E-state index >= 15 is 0 Å². The van der Waals surface area contributed by atoms with Gasteiger partial charge in [-0.05, 0) is 55.1 Å². The molecule has 1 aromatic heterocycles. The fraction of sp³-hybridized carbons (Fsp3) is 0.519. The topological polar surface area (TPSA) is 62.3 Å². The number of hydrogen-bond donors (Lipinski definition) is 2. The van der Waals surface area contributed by atoms with Gasteiger partial charge in [-0.1, -0.05) is 70.5 Å². The van der Waals surface area contributed by atoms with Gasteiger partial charge in [0, 0.05) is 11.8 Å². The Balaban J connectivity index is 1.87. The van der Waals surface area contributed by atoms with Crippen molar-refractivity contribution in [2.75, 3.05) is 0 Å². The molecule has 2 aromatic rings. The largest absolute Gasteiger partial charge is 0.507 e. The highest BCUT2D eigenvalue weighted by atomic mass is 16.5. The number of allylic oxidation sites excluding steroid dienone is 1. The van der Waals surface area contributed by atoms with Crippen molar-refractivity contribution < 1.29 is 9.84 Å². The number of rotatable bonds is 7. The van der Waals surface area contributed by atoms with Crippen LogP contribution in [0.25, 0.3) is 11.1 Å². The van der Waals surface area contributed by atoms with Gasteiger partial charge in [-0.2, -0.15) is 0 Å². The molecule has 0 bridgehead atoms. The third-order valence-corrected chi connectivity index (χ3v) is 6.69. The first-order valence-electron chi connectivity index (χ1n) is 11.7. The van der Waals surface area contributed by atoms with Crippen LogP contribution in [-0.2, 0) is 4.74 Å². The highest BCUT2D eigenvalue weighted by molar-refractivity contribution is 5.70. The van der Waals surface area contributed by atoms with E-state index in [9.17, 15) is 9.90 Å². The van der Waals surface area contributed by atoms with Crippen molar-refractivity contribution >= 4 is 0 Å². The molecule has 4 nitrogen and oxygen atoms in total. The minimum atomic E-state index is -0.415. The predicted octanol–water partition coefficient (Wildman–Crippen LogP) is 6.62. The highest BCUT2D eigenvalue weighted by Gasteiger charge is 2.33. The molecule has 0 aliphatic carbocycles.